The van der Waals surface area contributed by atoms with E-state index < -0.39 is 18.1 Å². The second kappa shape index (κ2) is 9.79. The minimum atomic E-state index is -4.80. The molecule has 0 bridgehead atoms. The number of hydrogen-bond donors (Lipinski definition) is 2. The van der Waals surface area contributed by atoms with Crippen molar-refractivity contribution in [1.82, 2.24) is 25.4 Å². The topological polar surface area (TPSA) is 111 Å². The molecule has 1 aromatic carbocycles. The molecule has 2 N–H and O–H groups in total. The van der Waals surface area contributed by atoms with Gasteiger partial charge in [-0.3, -0.25) is 4.79 Å². The Labute approximate surface area is 210 Å². The molecule has 0 unspecified atom stereocenters. The summed E-state index contributed by atoms with van der Waals surface area (Å²) in [5.74, 6) is -0.477. The molecule has 1 aliphatic heterocycles. The van der Waals surface area contributed by atoms with Crippen molar-refractivity contribution in [2.45, 2.75) is 52.2 Å². The van der Waals surface area contributed by atoms with Gasteiger partial charge in [-0.25, -0.2) is 14.5 Å². The Bertz CT molecular complexity index is 1290. The average molecular weight is 521 g/mol. The summed E-state index contributed by atoms with van der Waals surface area (Å²) in [6.07, 6.45) is -3.82. The Morgan fingerprint density at radius 2 is 1.78 bits per heavy atom. The number of halogens is 3. The lowest BCUT2D eigenvalue weighted by Crippen LogP contribution is -2.59. The molecule has 3 heterocycles. The summed E-state index contributed by atoms with van der Waals surface area (Å²) in [6.45, 7) is 7.89. The van der Waals surface area contributed by atoms with Gasteiger partial charge in [0.2, 0.25) is 5.91 Å². The number of nitrogens with one attached hydrogen (secondary N) is 2. The summed E-state index contributed by atoms with van der Waals surface area (Å²) in [7, 11) is 0. The number of carbonyl (C=O) groups excluding carboxylic acids is 2. The summed E-state index contributed by atoms with van der Waals surface area (Å²) < 4.78 is 48.5. The highest BCUT2D eigenvalue weighted by Gasteiger charge is 2.32. The number of alkyl carbamates (subject to hydrolysis) is 1. The number of aromatic nitrogens is 3. The standard InChI is InChI=1S/C24H27F3N6O4/c1-14(34)30-15-12-32(13-15)19-9-10-28-21-20(19)18(11-29-22(35)37-23(2,3)4)31-33(21)16-5-7-17(8-6-16)36-24(25,26)27/h5-10,15H,11-13H2,1-4H3,(H,29,35)(H,30,34). The van der Waals surface area contributed by atoms with Crippen molar-refractivity contribution in [3.63, 3.8) is 0 Å². The van der Waals surface area contributed by atoms with Crippen LogP contribution in [0.2, 0.25) is 0 Å². The maximum Gasteiger partial charge on any atom is 0.573 e. The largest absolute Gasteiger partial charge is 0.573 e. The van der Waals surface area contributed by atoms with E-state index in [1.54, 1.807) is 27.0 Å². The van der Waals surface area contributed by atoms with Crippen molar-refractivity contribution >= 4 is 28.7 Å². The van der Waals surface area contributed by atoms with E-state index in [2.05, 4.69) is 25.5 Å². The van der Waals surface area contributed by atoms with Crippen molar-refractivity contribution in [2.75, 3.05) is 18.0 Å². The molecule has 0 atom stereocenters. The first-order valence-electron chi connectivity index (χ1n) is 11.5. The van der Waals surface area contributed by atoms with Crippen molar-refractivity contribution in [2.24, 2.45) is 0 Å². The molecule has 3 aromatic rings. The fourth-order valence-electron chi connectivity index (χ4n) is 3.98. The molecular weight excluding hydrogens is 493 g/mol. The predicted molar refractivity (Wildman–Crippen MR) is 128 cm³/mol. The number of carbonyl (C=O) groups is 2. The second-order valence-electron chi connectivity index (χ2n) is 9.59. The fraction of sp³-hybridized carbons (Fsp3) is 0.417. The normalized spacial score (nSPS) is 14.3. The first-order valence-corrected chi connectivity index (χ1v) is 11.5. The van der Waals surface area contributed by atoms with E-state index in [0.717, 1.165) is 5.69 Å². The van der Waals surface area contributed by atoms with E-state index >= 15 is 0 Å². The number of amides is 2. The van der Waals surface area contributed by atoms with E-state index in [1.807, 2.05) is 11.0 Å². The summed E-state index contributed by atoms with van der Waals surface area (Å²) >= 11 is 0. The van der Waals surface area contributed by atoms with Gasteiger partial charge in [-0.05, 0) is 51.1 Å². The van der Waals surface area contributed by atoms with Gasteiger partial charge < -0.3 is 25.0 Å². The third-order valence-corrected chi connectivity index (χ3v) is 5.36. The number of anilines is 1. The number of ether oxygens (including phenoxy) is 2. The van der Waals surface area contributed by atoms with Crippen LogP contribution in [0.5, 0.6) is 5.75 Å². The highest BCUT2D eigenvalue weighted by atomic mass is 19.4. The lowest BCUT2D eigenvalue weighted by atomic mass is 10.1. The fourth-order valence-corrected chi connectivity index (χ4v) is 3.98. The third-order valence-electron chi connectivity index (χ3n) is 5.36. The zero-order valence-electron chi connectivity index (χ0n) is 20.7. The molecule has 1 saturated heterocycles. The molecule has 13 heteroatoms. The predicted octanol–water partition coefficient (Wildman–Crippen LogP) is 3.67. The van der Waals surface area contributed by atoms with Gasteiger partial charge in [0.05, 0.1) is 35.0 Å². The van der Waals surface area contributed by atoms with Gasteiger partial charge in [0.1, 0.15) is 11.4 Å². The summed E-state index contributed by atoms with van der Waals surface area (Å²) in [5, 5.41) is 10.9. The maximum absolute atomic E-state index is 12.6. The molecule has 2 amide bonds. The van der Waals surface area contributed by atoms with Crippen molar-refractivity contribution < 1.29 is 32.2 Å². The quantitative estimate of drug-likeness (QED) is 0.510. The van der Waals surface area contributed by atoms with Crippen LogP contribution in [0.1, 0.15) is 33.4 Å². The third kappa shape index (κ3) is 6.40. The SMILES string of the molecule is CC(=O)NC1CN(c2ccnc3c2c(CNC(=O)OC(C)(C)C)nn3-c2ccc(OC(F)(F)F)cc2)C1. The molecule has 10 nitrogen and oxygen atoms in total. The lowest BCUT2D eigenvalue weighted by Gasteiger charge is -2.41. The van der Waals surface area contributed by atoms with E-state index in [0.29, 0.717) is 35.5 Å². The Morgan fingerprint density at radius 1 is 1.11 bits per heavy atom. The van der Waals surface area contributed by atoms with Gasteiger partial charge in [0, 0.05) is 26.2 Å². The Hall–Kier alpha value is -4.03. The minimum Gasteiger partial charge on any atom is -0.444 e. The molecule has 4 rings (SSSR count). The van der Waals surface area contributed by atoms with E-state index in [4.69, 9.17) is 4.74 Å². The van der Waals surface area contributed by atoms with Gasteiger partial charge >= 0.3 is 12.5 Å². The van der Waals surface area contributed by atoms with E-state index in [9.17, 15) is 22.8 Å². The van der Waals surface area contributed by atoms with Crippen LogP contribution in [0, 0.1) is 0 Å². The Morgan fingerprint density at radius 3 is 2.38 bits per heavy atom. The van der Waals surface area contributed by atoms with Crippen LogP contribution in [0.4, 0.5) is 23.7 Å². The van der Waals surface area contributed by atoms with Gasteiger partial charge in [-0.1, -0.05) is 0 Å². The van der Waals surface area contributed by atoms with Crippen LogP contribution in [0.3, 0.4) is 0 Å². The number of alkyl halides is 3. The lowest BCUT2D eigenvalue weighted by molar-refractivity contribution is -0.274. The highest BCUT2D eigenvalue weighted by molar-refractivity contribution is 5.93. The number of nitrogens with zero attached hydrogens (tertiary/aromatic N) is 4. The molecule has 0 spiro atoms. The Kier molecular flexibility index (Phi) is 6.89. The van der Waals surface area contributed by atoms with Crippen LogP contribution < -0.4 is 20.3 Å². The van der Waals surface area contributed by atoms with Gasteiger partial charge in [-0.2, -0.15) is 5.10 Å². The van der Waals surface area contributed by atoms with Crippen molar-refractivity contribution in [3.8, 4) is 11.4 Å². The maximum atomic E-state index is 12.6. The number of rotatable bonds is 6. The molecule has 0 saturated carbocycles. The van der Waals surface area contributed by atoms with Crippen LogP contribution in [-0.2, 0) is 16.1 Å². The second-order valence-corrected chi connectivity index (χ2v) is 9.59. The molecular formula is C24H27F3N6O4. The molecule has 198 valence electrons. The van der Waals surface area contributed by atoms with Gasteiger partial charge in [-0.15, -0.1) is 13.2 Å². The van der Waals surface area contributed by atoms with Gasteiger partial charge in [0.15, 0.2) is 5.65 Å². The smallest absolute Gasteiger partial charge is 0.444 e. The van der Waals surface area contributed by atoms with Gasteiger partial charge in [0.25, 0.3) is 0 Å². The summed E-state index contributed by atoms with van der Waals surface area (Å²) in [4.78, 5) is 30.2. The number of pyridine rings is 1. The number of benzene rings is 1. The van der Waals surface area contributed by atoms with Crippen molar-refractivity contribution in [1.29, 1.82) is 0 Å². The summed E-state index contributed by atoms with van der Waals surface area (Å²) in [5.41, 5.74) is 1.51. The van der Waals surface area contributed by atoms with Crippen LogP contribution >= 0.6 is 0 Å². The number of hydrogen-bond acceptors (Lipinski definition) is 7. The zero-order chi connectivity index (χ0) is 27.0. The summed E-state index contributed by atoms with van der Waals surface area (Å²) in [6, 6.07) is 7.06. The highest BCUT2D eigenvalue weighted by Crippen LogP contribution is 2.33. The minimum absolute atomic E-state index is 0.000255. The zero-order valence-corrected chi connectivity index (χ0v) is 20.7. The molecule has 37 heavy (non-hydrogen) atoms. The molecule has 1 fully saturated rings. The molecule has 0 aliphatic carbocycles. The van der Waals surface area contributed by atoms with Crippen LogP contribution in [0.25, 0.3) is 16.7 Å². The van der Waals surface area contributed by atoms with Crippen LogP contribution in [0.15, 0.2) is 36.5 Å². The van der Waals surface area contributed by atoms with E-state index in [-0.39, 0.29) is 24.2 Å². The molecule has 0 radical (unpaired) electrons. The molecule has 2 aromatic heterocycles. The van der Waals surface area contributed by atoms with E-state index in [1.165, 1.54) is 35.9 Å². The molecule has 1 aliphatic rings. The van der Waals surface area contributed by atoms with Crippen molar-refractivity contribution in [3.05, 3.63) is 42.2 Å². The average Bonchev–Trinajstić information content (AvgIpc) is 3.12. The first kappa shape index (κ1) is 26.0. The van der Waals surface area contributed by atoms with Crippen LogP contribution in [-0.4, -0.2) is 57.9 Å². The monoisotopic (exact) mass is 520 g/mol. The Balaban J connectivity index is 1.68. The number of fused-ring (bicyclic) bond motifs is 1. The first-order chi connectivity index (χ1) is 17.3.